The molecule has 6 nitrogen and oxygen atoms in total. The van der Waals surface area contributed by atoms with Crippen molar-refractivity contribution in [2.75, 3.05) is 0 Å². The number of hydrogen-bond donors (Lipinski definition) is 0. The fourth-order valence-corrected chi connectivity index (χ4v) is 5.35. The van der Waals surface area contributed by atoms with Gasteiger partial charge >= 0.3 is 11.9 Å². The number of esters is 2. The molecule has 0 aliphatic rings. The molecule has 0 N–H and O–H groups in total. The molecule has 0 saturated carbocycles. The second-order valence-electron chi connectivity index (χ2n) is 11.9. The predicted octanol–water partition coefficient (Wildman–Crippen LogP) is 10.7. The standard InChI is InChI=1S/C41H43NO5/c1-3-5-7-9-11-30-13-17-34(18-14-30)40(43)45-36-25-21-32(22-26-36)38-29-42-39(47-38)33-23-27-37(28-24-33)46-41(44)35-19-15-31(16-20-35)12-10-8-6-4-2/h13-29H,3-12H2,1-2H3. The van der Waals surface area contributed by atoms with Gasteiger partial charge in [0.2, 0.25) is 5.89 Å². The molecule has 1 heterocycles. The molecule has 0 saturated heterocycles. The molecule has 5 rings (SSSR count). The molecule has 0 atom stereocenters. The molecule has 1 aromatic heterocycles. The van der Waals surface area contributed by atoms with Crippen molar-refractivity contribution >= 4 is 11.9 Å². The van der Waals surface area contributed by atoms with E-state index in [2.05, 4.69) is 18.8 Å². The van der Waals surface area contributed by atoms with Gasteiger partial charge in [-0.1, -0.05) is 76.6 Å². The van der Waals surface area contributed by atoms with E-state index in [1.807, 2.05) is 60.7 Å². The summed E-state index contributed by atoms with van der Waals surface area (Å²) in [7, 11) is 0. The number of unbranched alkanes of at least 4 members (excludes halogenated alkanes) is 6. The zero-order chi connectivity index (χ0) is 32.8. The summed E-state index contributed by atoms with van der Waals surface area (Å²) >= 11 is 0. The summed E-state index contributed by atoms with van der Waals surface area (Å²) in [6.07, 6.45) is 13.4. The van der Waals surface area contributed by atoms with Crippen LogP contribution in [0.5, 0.6) is 11.5 Å². The number of carbonyl (C=O) groups excluding carboxylic acids is 2. The minimum atomic E-state index is -0.395. The minimum Gasteiger partial charge on any atom is -0.436 e. The molecule has 47 heavy (non-hydrogen) atoms. The van der Waals surface area contributed by atoms with Gasteiger partial charge in [-0.3, -0.25) is 0 Å². The van der Waals surface area contributed by atoms with E-state index in [0.717, 1.165) is 36.8 Å². The first-order valence-corrected chi connectivity index (χ1v) is 16.8. The molecule has 0 unspecified atom stereocenters. The quantitative estimate of drug-likeness (QED) is 0.0614. The molecule has 4 aromatic carbocycles. The Morgan fingerprint density at radius 1 is 0.553 bits per heavy atom. The Kier molecular flexibility index (Phi) is 12.1. The van der Waals surface area contributed by atoms with Gasteiger partial charge in [0.15, 0.2) is 5.76 Å². The molecule has 0 fully saturated rings. The number of benzene rings is 4. The van der Waals surface area contributed by atoms with Crippen LogP contribution < -0.4 is 9.47 Å². The largest absolute Gasteiger partial charge is 0.436 e. The van der Waals surface area contributed by atoms with E-state index >= 15 is 0 Å². The highest BCUT2D eigenvalue weighted by Gasteiger charge is 2.13. The van der Waals surface area contributed by atoms with E-state index < -0.39 is 11.9 Å². The number of oxazole rings is 1. The van der Waals surface area contributed by atoms with Crippen molar-refractivity contribution in [2.45, 2.75) is 78.1 Å². The van der Waals surface area contributed by atoms with Crippen molar-refractivity contribution < 1.29 is 23.5 Å². The topological polar surface area (TPSA) is 78.6 Å². The molecular weight excluding hydrogens is 586 g/mol. The van der Waals surface area contributed by atoms with Crippen molar-refractivity contribution in [1.29, 1.82) is 0 Å². The van der Waals surface area contributed by atoms with Crippen molar-refractivity contribution in [3.05, 3.63) is 126 Å². The van der Waals surface area contributed by atoms with Gasteiger partial charge in [0, 0.05) is 11.1 Å². The Bertz CT molecular complexity index is 1570. The van der Waals surface area contributed by atoms with E-state index in [4.69, 9.17) is 13.9 Å². The average molecular weight is 630 g/mol. The van der Waals surface area contributed by atoms with Crippen molar-refractivity contribution in [2.24, 2.45) is 0 Å². The summed E-state index contributed by atoms with van der Waals surface area (Å²) in [6.45, 7) is 4.41. The molecular formula is C41H43NO5. The Morgan fingerprint density at radius 2 is 1.00 bits per heavy atom. The highest BCUT2D eigenvalue weighted by atomic mass is 16.5. The molecule has 0 aliphatic heterocycles. The van der Waals surface area contributed by atoms with Gasteiger partial charge in [0.1, 0.15) is 11.5 Å². The van der Waals surface area contributed by atoms with Crippen LogP contribution >= 0.6 is 0 Å². The summed E-state index contributed by atoms with van der Waals surface area (Å²) in [5.74, 6) is 1.13. The summed E-state index contributed by atoms with van der Waals surface area (Å²) in [4.78, 5) is 29.8. The monoisotopic (exact) mass is 629 g/mol. The predicted molar refractivity (Wildman–Crippen MR) is 186 cm³/mol. The van der Waals surface area contributed by atoms with Gasteiger partial charge in [-0.2, -0.15) is 0 Å². The molecule has 0 radical (unpaired) electrons. The van der Waals surface area contributed by atoms with Crippen LogP contribution in [0.15, 0.2) is 108 Å². The zero-order valence-corrected chi connectivity index (χ0v) is 27.4. The summed E-state index contributed by atoms with van der Waals surface area (Å²) < 4.78 is 17.2. The lowest BCUT2D eigenvalue weighted by Gasteiger charge is -2.07. The van der Waals surface area contributed by atoms with Crippen LogP contribution in [0.3, 0.4) is 0 Å². The first-order chi connectivity index (χ1) is 23.0. The van der Waals surface area contributed by atoms with Crippen molar-refractivity contribution in [1.82, 2.24) is 4.98 Å². The molecule has 6 heteroatoms. The second-order valence-corrected chi connectivity index (χ2v) is 11.9. The summed E-state index contributed by atoms with van der Waals surface area (Å²) in [6, 6.07) is 29.5. The van der Waals surface area contributed by atoms with E-state index in [1.165, 1.54) is 49.7 Å². The maximum atomic E-state index is 12.7. The van der Waals surface area contributed by atoms with E-state index in [-0.39, 0.29) is 0 Å². The number of carbonyl (C=O) groups is 2. The number of ether oxygens (including phenoxy) is 2. The Hall–Kier alpha value is -4.97. The van der Waals surface area contributed by atoms with Crippen LogP contribution in [0, 0.1) is 0 Å². The van der Waals surface area contributed by atoms with Gasteiger partial charge in [0.25, 0.3) is 0 Å². The van der Waals surface area contributed by atoms with Gasteiger partial charge in [0.05, 0.1) is 17.3 Å². The van der Waals surface area contributed by atoms with Crippen LogP contribution in [-0.2, 0) is 12.8 Å². The van der Waals surface area contributed by atoms with Crippen LogP contribution in [0.4, 0.5) is 0 Å². The van der Waals surface area contributed by atoms with Crippen LogP contribution in [0.1, 0.15) is 97.1 Å². The minimum absolute atomic E-state index is 0.391. The second kappa shape index (κ2) is 17.1. The summed E-state index contributed by atoms with van der Waals surface area (Å²) in [5.41, 5.74) is 5.06. The lowest BCUT2D eigenvalue weighted by molar-refractivity contribution is 0.0725. The fourth-order valence-electron chi connectivity index (χ4n) is 5.35. The lowest BCUT2D eigenvalue weighted by atomic mass is 10.0. The van der Waals surface area contributed by atoms with Crippen molar-refractivity contribution in [3.8, 4) is 34.3 Å². The molecule has 0 amide bonds. The van der Waals surface area contributed by atoms with Gasteiger partial charge in [-0.05, 0) is 110 Å². The van der Waals surface area contributed by atoms with Gasteiger partial charge < -0.3 is 13.9 Å². The van der Waals surface area contributed by atoms with Crippen LogP contribution in [0.25, 0.3) is 22.8 Å². The number of rotatable bonds is 16. The molecule has 0 aliphatic carbocycles. The number of hydrogen-bond acceptors (Lipinski definition) is 6. The first kappa shape index (κ1) is 33.4. The molecule has 0 bridgehead atoms. The molecule has 0 spiro atoms. The third-order valence-electron chi connectivity index (χ3n) is 8.18. The van der Waals surface area contributed by atoms with Crippen LogP contribution in [-0.4, -0.2) is 16.9 Å². The third-order valence-corrected chi connectivity index (χ3v) is 8.18. The normalized spacial score (nSPS) is 10.9. The summed E-state index contributed by atoms with van der Waals surface area (Å²) in [5, 5.41) is 0. The third kappa shape index (κ3) is 9.76. The molecule has 5 aromatic rings. The van der Waals surface area contributed by atoms with E-state index in [9.17, 15) is 9.59 Å². The van der Waals surface area contributed by atoms with E-state index in [1.54, 1.807) is 42.6 Å². The Morgan fingerprint density at radius 3 is 1.45 bits per heavy atom. The van der Waals surface area contributed by atoms with Crippen LogP contribution in [0.2, 0.25) is 0 Å². The average Bonchev–Trinajstić information content (AvgIpc) is 3.60. The van der Waals surface area contributed by atoms with Gasteiger partial charge in [-0.15, -0.1) is 0 Å². The lowest BCUT2D eigenvalue weighted by Crippen LogP contribution is -2.08. The zero-order valence-electron chi connectivity index (χ0n) is 27.4. The maximum Gasteiger partial charge on any atom is 0.343 e. The maximum absolute atomic E-state index is 12.7. The highest BCUT2D eigenvalue weighted by Crippen LogP contribution is 2.29. The fraction of sp³-hybridized carbons (Fsp3) is 0.293. The van der Waals surface area contributed by atoms with E-state index in [0.29, 0.717) is 34.3 Å². The molecule has 242 valence electrons. The Balaban J connectivity index is 1.12. The highest BCUT2D eigenvalue weighted by molar-refractivity contribution is 5.91. The first-order valence-electron chi connectivity index (χ1n) is 16.8. The SMILES string of the molecule is CCCCCCc1ccc(C(=O)Oc2ccc(-c3cnc(-c4ccc(OC(=O)c5ccc(CCCCCC)cc5)cc4)o3)cc2)cc1. The van der Waals surface area contributed by atoms with Crippen molar-refractivity contribution in [3.63, 3.8) is 0 Å². The smallest absolute Gasteiger partial charge is 0.343 e. The van der Waals surface area contributed by atoms with Gasteiger partial charge in [-0.25, -0.2) is 14.6 Å². The number of nitrogens with zero attached hydrogens (tertiary/aromatic N) is 1. The number of aryl methyl sites for hydroxylation is 2. The Labute approximate surface area is 277 Å². The number of aromatic nitrogens is 1.